The fraction of sp³-hybridized carbons (Fsp3) is 0.625. The summed E-state index contributed by atoms with van der Waals surface area (Å²) in [6, 6.07) is 0. The standard InChI is InChI=1S/C8H15O6P/c1-4-6-12-15(10,11)14-7(3)13-8(9)5-2/h5,7H,2,4,6H2,1,3H3,(H,10,11). The highest BCUT2D eigenvalue weighted by atomic mass is 31.2. The Bertz CT molecular complexity index is 264. The van der Waals surface area contributed by atoms with Crippen molar-refractivity contribution >= 4 is 13.8 Å². The second-order valence-electron chi connectivity index (χ2n) is 2.62. The number of rotatable bonds is 7. The summed E-state index contributed by atoms with van der Waals surface area (Å²) in [5.41, 5.74) is 0. The van der Waals surface area contributed by atoms with Gasteiger partial charge in [-0.15, -0.1) is 0 Å². The maximum Gasteiger partial charge on any atom is 0.475 e. The highest BCUT2D eigenvalue weighted by molar-refractivity contribution is 7.47. The van der Waals surface area contributed by atoms with Crippen LogP contribution >= 0.6 is 7.82 Å². The molecule has 0 aromatic heterocycles. The van der Waals surface area contributed by atoms with E-state index in [0.717, 1.165) is 6.08 Å². The lowest BCUT2D eigenvalue weighted by Crippen LogP contribution is -2.16. The lowest BCUT2D eigenvalue weighted by Gasteiger charge is -2.16. The number of phosphoric acid groups is 1. The summed E-state index contributed by atoms with van der Waals surface area (Å²) in [6.07, 6.45) is 0.340. The van der Waals surface area contributed by atoms with Gasteiger partial charge in [-0.2, -0.15) is 0 Å². The van der Waals surface area contributed by atoms with E-state index in [1.807, 2.05) is 0 Å². The molecule has 0 aliphatic carbocycles. The molecule has 6 nitrogen and oxygen atoms in total. The van der Waals surface area contributed by atoms with Crippen LogP contribution in [0.1, 0.15) is 20.3 Å². The molecular weight excluding hydrogens is 223 g/mol. The largest absolute Gasteiger partial charge is 0.475 e. The summed E-state index contributed by atoms with van der Waals surface area (Å²) in [4.78, 5) is 19.8. The van der Waals surface area contributed by atoms with Crippen LogP contribution in [0, 0.1) is 0 Å². The minimum atomic E-state index is -4.14. The predicted molar refractivity (Wildman–Crippen MR) is 52.9 cm³/mol. The van der Waals surface area contributed by atoms with E-state index in [0.29, 0.717) is 6.42 Å². The third-order valence-electron chi connectivity index (χ3n) is 1.19. The van der Waals surface area contributed by atoms with Crippen molar-refractivity contribution in [3.63, 3.8) is 0 Å². The molecule has 0 aromatic carbocycles. The molecule has 15 heavy (non-hydrogen) atoms. The van der Waals surface area contributed by atoms with E-state index >= 15 is 0 Å². The van der Waals surface area contributed by atoms with Crippen LogP contribution in [0.2, 0.25) is 0 Å². The second-order valence-corrected chi connectivity index (χ2v) is 4.02. The van der Waals surface area contributed by atoms with Crippen molar-refractivity contribution in [1.29, 1.82) is 0 Å². The normalized spacial score (nSPS) is 16.5. The van der Waals surface area contributed by atoms with Gasteiger partial charge in [-0.3, -0.25) is 4.52 Å². The van der Waals surface area contributed by atoms with Crippen LogP contribution in [0.4, 0.5) is 0 Å². The molecule has 0 spiro atoms. The van der Waals surface area contributed by atoms with Crippen molar-refractivity contribution in [2.45, 2.75) is 26.6 Å². The first kappa shape index (κ1) is 14.3. The van der Waals surface area contributed by atoms with Gasteiger partial charge < -0.3 is 9.63 Å². The Kier molecular flexibility index (Phi) is 6.43. The van der Waals surface area contributed by atoms with Crippen LogP contribution in [0.15, 0.2) is 12.7 Å². The van der Waals surface area contributed by atoms with Crippen LogP contribution in [0.5, 0.6) is 0 Å². The van der Waals surface area contributed by atoms with Crippen LogP contribution in [-0.4, -0.2) is 23.8 Å². The van der Waals surface area contributed by atoms with Crippen molar-refractivity contribution in [1.82, 2.24) is 0 Å². The van der Waals surface area contributed by atoms with Gasteiger partial charge >= 0.3 is 13.8 Å². The van der Waals surface area contributed by atoms with Crippen molar-refractivity contribution in [3.05, 3.63) is 12.7 Å². The summed E-state index contributed by atoms with van der Waals surface area (Å²) in [5.74, 6) is -0.738. The Morgan fingerprint density at radius 1 is 1.67 bits per heavy atom. The molecule has 0 heterocycles. The summed E-state index contributed by atoms with van der Waals surface area (Å²) in [5, 5.41) is 0. The molecule has 2 unspecified atom stereocenters. The summed E-state index contributed by atoms with van der Waals surface area (Å²) < 4.78 is 24.7. The highest BCUT2D eigenvalue weighted by Crippen LogP contribution is 2.44. The molecule has 0 bridgehead atoms. The molecule has 0 aliphatic rings. The maximum absolute atomic E-state index is 11.1. The number of esters is 1. The smallest absolute Gasteiger partial charge is 0.432 e. The van der Waals surface area contributed by atoms with Crippen molar-refractivity contribution < 1.29 is 28.0 Å². The Morgan fingerprint density at radius 3 is 2.73 bits per heavy atom. The Morgan fingerprint density at radius 2 is 2.27 bits per heavy atom. The molecule has 0 saturated heterocycles. The molecular formula is C8H15O6P. The van der Waals surface area contributed by atoms with Gasteiger partial charge in [-0.05, 0) is 13.3 Å². The predicted octanol–water partition coefficient (Wildman–Crippen LogP) is 1.61. The number of hydrogen-bond donors (Lipinski definition) is 1. The monoisotopic (exact) mass is 238 g/mol. The average molecular weight is 238 g/mol. The number of carbonyl (C=O) groups is 1. The van der Waals surface area contributed by atoms with Gasteiger partial charge in [-0.1, -0.05) is 13.5 Å². The molecule has 0 amide bonds. The lowest BCUT2D eigenvalue weighted by atomic mass is 10.5. The van der Waals surface area contributed by atoms with E-state index in [1.165, 1.54) is 6.92 Å². The third-order valence-corrected chi connectivity index (χ3v) is 2.26. The van der Waals surface area contributed by atoms with E-state index in [-0.39, 0.29) is 6.61 Å². The molecule has 2 atom stereocenters. The minimum Gasteiger partial charge on any atom is -0.432 e. The summed E-state index contributed by atoms with van der Waals surface area (Å²) in [7, 11) is -4.14. The third kappa shape index (κ3) is 7.27. The quantitative estimate of drug-likeness (QED) is 0.314. The SMILES string of the molecule is C=CC(=O)OC(C)OP(=O)(O)OCCC. The average Bonchev–Trinajstić information content (AvgIpc) is 2.13. The Balaban J connectivity index is 4.03. The molecule has 0 rings (SSSR count). The first-order valence-electron chi connectivity index (χ1n) is 4.40. The molecule has 0 fully saturated rings. The highest BCUT2D eigenvalue weighted by Gasteiger charge is 2.25. The number of hydrogen-bond acceptors (Lipinski definition) is 5. The lowest BCUT2D eigenvalue weighted by molar-refractivity contribution is -0.156. The zero-order chi connectivity index (χ0) is 11.9. The molecule has 0 saturated carbocycles. The van der Waals surface area contributed by atoms with Crippen LogP contribution in [0.25, 0.3) is 0 Å². The van der Waals surface area contributed by atoms with E-state index in [9.17, 15) is 9.36 Å². The van der Waals surface area contributed by atoms with Gasteiger partial charge in [0.25, 0.3) is 0 Å². The van der Waals surface area contributed by atoms with Crippen LogP contribution in [0.3, 0.4) is 0 Å². The van der Waals surface area contributed by atoms with Gasteiger partial charge in [0.05, 0.1) is 6.61 Å². The first-order valence-corrected chi connectivity index (χ1v) is 5.89. The molecule has 1 N–H and O–H groups in total. The topological polar surface area (TPSA) is 82.1 Å². The second kappa shape index (κ2) is 6.74. The van der Waals surface area contributed by atoms with Crippen molar-refractivity contribution in [2.24, 2.45) is 0 Å². The molecule has 0 aromatic rings. The zero-order valence-electron chi connectivity index (χ0n) is 8.71. The Hall–Kier alpha value is -0.680. The van der Waals surface area contributed by atoms with Crippen molar-refractivity contribution in [3.8, 4) is 0 Å². The van der Waals surface area contributed by atoms with Crippen LogP contribution < -0.4 is 0 Å². The Labute approximate surface area is 88.5 Å². The zero-order valence-corrected chi connectivity index (χ0v) is 9.61. The van der Waals surface area contributed by atoms with Crippen molar-refractivity contribution in [2.75, 3.05) is 6.61 Å². The molecule has 7 heteroatoms. The van der Waals surface area contributed by atoms with Gasteiger partial charge in [-0.25, -0.2) is 13.9 Å². The molecule has 0 radical (unpaired) electrons. The minimum absolute atomic E-state index is 0.0932. The number of carbonyl (C=O) groups excluding carboxylic acids is 1. The van der Waals surface area contributed by atoms with E-state index in [1.54, 1.807) is 6.92 Å². The van der Waals surface area contributed by atoms with E-state index in [4.69, 9.17) is 4.89 Å². The van der Waals surface area contributed by atoms with Crippen LogP contribution in [-0.2, 0) is 23.1 Å². The summed E-state index contributed by atoms with van der Waals surface area (Å²) in [6.45, 7) is 6.34. The van der Waals surface area contributed by atoms with Gasteiger partial charge in [0.15, 0.2) is 0 Å². The van der Waals surface area contributed by atoms with Gasteiger partial charge in [0.1, 0.15) is 0 Å². The number of ether oxygens (including phenoxy) is 1. The van der Waals surface area contributed by atoms with E-state index in [2.05, 4.69) is 20.4 Å². The molecule has 88 valence electrons. The fourth-order valence-electron chi connectivity index (χ4n) is 0.658. The number of phosphoric ester groups is 1. The summed E-state index contributed by atoms with van der Waals surface area (Å²) >= 11 is 0. The maximum atomic E-state index is 11.1. The van der Waals surface area contributed by atoms with E-state index < -0.39 is 20.1 Å². The molecule has 0 aliphatic heterocycles. The first-order chi connectivity index (χ1) is 6.91. The fourth-order valence-corrected chi connectivity index (χ4v) is 1.55. The van der Waals surface area contributed by atoms with Gasteiger partial charge in [0.2, 0.25) is 6.29 Å². The van der Waals surface area contributed by atoms with Gasteiger partial charge in [0, 0.05) is 6.08 Å².